The number of hydrogen-bond donors (Lipinski definition) is 3. The van der Waals surface area contributed by atoms with Crippen LogP contribution in [0.2, 0.25) is 0 Å². The maximum absolute atomic E-state index is 11.8. The Morgan fingerprint density at radius 2 is 2.41 bits per heavy atom. The number of pyridine rings is 1. The summed E-state index contributed by atoms with van der Waals surface area (Å²) < 4.78 is 0. The molecular formula is C12H17N3O2. The van der Waals surface area contributed by atoms with Crippen molar-refractivity contribution < 1.29 is 9.90 Å². The van der Waals surface area contributed by atoms with E-state index in [2.05, 4.69) is 10.3 Å². The second-order valence-electron chi connectivity index (χ2n) is 4.54. The van der Waals surface area contributed by atoms with Gasteiger partial charge < -0.3 is 16.2 Å². The molecule has 5 heteroatoms. The van der Waals surface area contributed by atoms with E-state index < -0.39 is 0 Å². The van der Waals surface area contributed by atoms with Crippen molar-refractivity contribution in [3.05, 3.63) is 24.0 Å². The summed E-state index contributed by atoms with van der Waals surface area (Å²) in [4.78, 5) is 15.5. The number of nitrogens with zero attached hydrogens (tertiary/aromatic N) is 1. The predicted octanol–water partition coefficient (Wildman–Crippen LogP) is 0.644. The number of hydrogen-bond acceptors (Lipinski definition) is 4. The highest BCUT2D eigenvalue weighted by Gasteiger charge is 2.22. The van der Waals surface area contributed by atoms with Crippen molar-refractivity contribution in [2.24, 2.45) is 11.7 Å². The molecule has 17 heavy (non-hydrogen) atoms. The zero-order chi connectivity index (χ0) is 12.3. The van der Waals surface area contributed by atoms with Crippen molar-refractivity contribution in [1.29, 1.82) is 0 Å². The highest BCUT2D eigenvalue weighted by molar-refractivity contribution is 5.96. The molecule has 2 unspecified atom stereocenters. The van der Waals surface area contributed by atoms with E-state index in [1.165, 1.54) is 18.5 Å². The van der Waals surface area contributed by atoms with Crippen LogP contribution in [-0.2, 0) is 0 Å². The Hall–Kier alpha value is -1.62. The van der Waals surface area contributed by atoms with Gasteiger partial charge in [0.05, 0.1) is 11.8 Å². The van der Waals surface area contributed by atoms with Crippen LogP contribution in [0.5, 0.6) is 5.75 Å². The number of aromatic hydroxyl groups is 1. The van der Waals surface area contributed by atoms with Crippen molar-refractivity contribution in [2.45, 2.75) is 25.3 Å². The van der Waals surface area contributed by atoms with Crippen molar-refractivity contribution in [3.63, 3.8) is 0 Å². The lowest BCUT2D eigenvalue weighted by molar-refractivity contribution is 0.0944. The van der Waals surface area contributed by atoms with Gasteiger partial charge in [-0.3, -0.25) is 9.78 Å². The Morgan fingerprint density at radius 3 is 3.06 bits per heavy atom. The zero-order valence-electron chi connectivity index (χ0n) is 9.60. The van der Waals surface area contributed by atoms with E-state index in [0.717, 1.165) is 19.3 Å². The summed E-state index contributed by atoms with van der Waals surface area (Å²) >= 11 is 0. The second kappa shape index (κ2) is 5.14. The first kappa shape index (κ1) is 11.9. The van der Waals surface area contributed by atoms with Gasteiger partial charge in [-0.2, -0.15) is 0 Å². The van der Waals surface area contributed by atoms with Gasteiger partial charge in [0.25, 0.3) is 5.91 Å². The van der Waals surface area contributed by atoms with Gasteiger partial charge in [-0.15, -0.1) is 0 Å². The summed E-state index contributed by atoms with van der Waals surface area (Å²) in [6.45, 7) is 0.619. The molecule has 0 spiro atoms. The molecule has 0 bridgehead atoms. The van der Waals surface area contributed by atoms with Crippen LogP contribution in [0.1, 0.15) is 29.6 Å². The van der Waals surface area contributed by atoms with Crippen LogP contribution in [0.3, 0.4) is 0 Å². The van der Waals surface area contributed by atoms with Crippen LogP contribution in [0.15, 0.2) is 18.5 Å². The molecule has 1 fully saturated rings. The third-order valence-electron chi connectivity index (χ3n) is 3.18. The lowest BCUT2D eigenvalue weighted by Gasteiger charge is -2.11. The largest absolute Gasteiger partial charge is 0.505 e. The predicted molar refractivity (Wildman–Crippen MR) is 63.6 cm³/mol. The van der Waals surface area contributed by atoms with Gasteiger partial charge in [-0.1, -0.05) is 0 Å². The number of nitrogens with one attached hydrogen (secondary N) is 1. The number of nitrogens with two attached hydrogens (primary N) is 1. The van der Waals surface area contributed by atoms with Crippen molar-refractivity contribution >= 4 is 5.91 Å². The minimum Gasteiger partial charge on any atom is -0.505 e. The molecule has 1 aliphatic carbocycles. The fourth-order valence-electron chi connectivity index (χ4n) is 2.21. The topological polar surface area (TPSA) is 88.2 Å². The smallest absolute Gasteiger partial charge is 0.255 e. The minimum absolute atomic E-state index is 0.0897. The molecule has 92 valence electrons. The summed E-state index contributed by atoms with van der Waals surface area (Å²) in [6.07, 6.45) is 5.80. The lowest BCUT2D eigenvalue weighted by Crippen LogP contribution is -2.29. The fraction of sp³-hybridized carbons (Fsp3) is 0.500. The van der Waals surface area contributed by atoms with Crippen molar-refractivity contribution in [1.82, 2.24) is 10.3 Å². The van der Waals surface area contributed by atoms with Crippen molar-refractivity contribution in [2.75, 3.05) is 6.54 Å². The highest BCUT2D eigenvalue weighted by Crippen LogP contribution is 2.23. The number of carbonyl (C=O) groups excluding carboxylic acids is 1. The quantitative estimate of drug-likeness (QED) is 0.717. The van der Waals surface area contributed by atoms with Crippen molar-refractivity contribution in [3.8, 4) is 5.75 Å². The maximum Gasteiger partial charge on any atom is 0.255 e. The second-order valence-corrected chi connectivity index (χ2v) is 4.54. The standard InChI is InChI=1S/C12H17N3O2/c13-9-2-1-8(5-9)6-15-12(17)10-3-4-14-7-11(10)16/h3-4,7-9,16H,1-2,5-6,13H2,(H,15,17). The average Bonchev–Trinajstić information content (AvgIpc) is 2.73. The molecule has 2 atom stereocenters. The van der Waals surface area contributed by atoms with Gasteiger partial charge in [0.1, 0.15) is 5.75 Å². The van der Waals surface area contributed by atoms with E-state index in [9.17, 15) is 9.90 Å². The first-order valence-electron chi connectivity index (χ1n) is 5.83. The molecule has 1 heterocycles. The summed E-state index contributed by atoms with van der Waals surface area (Å²) in [7, 11) is 0. The maximum atomic E-state index is 11.8. The molecule has 5 nitrogen and oxygen atoms in total. The van der Waals surface area contributed by atoms with Gasteiger partial charge >= 0.3 is 0 Å². The van der Waals surface area contributed by atoms with Crippen LogP contribution < -0.4 is 11.1 Å². The van der Waals surface area contributed by atoms with Crippen LogP contribution >= 0.6 is 0 Å². The van der Waals surface area contributed by atoms with E-state index in [4.69, 9.17) is 5.73 Å². The first-order valence-corrected chi connectivity index (χ1v) is 5.83. The molecular weight excluding hydrogens is 218 g/mol. The average molecular weight is 235 g/mol. The zero-order valence-corrected chi connectivity index (χ0v) is 9.60. The van der Waals surface area contributed by atoms with Gasteiger partial charge in [0.15, 0.2) is 0 Å². The van der Waals surface area contributed by atoms with Crippen LogP contribution in [0, 0.1) is 5.92 Å². The fourth-order valence-corrected chi connectivity index (χ4v) is 2.21. The van der Waals surface area contributed by atoms with Gasteiger partial charge in [-0.25, -0.2) is 0 Å². The van der Waals surface area contributed by atoms with E-state index in [-0.39, 0.29) is 23.3 Å². The van der Waals surface area contributed by atoms with E-state index in [1.807, 2.05) is 0 Å². The Balaban J connectivity index is 1.88. The first-order chi connectivity index (χ1) is 8.16. The molecule has 1 amide bonds. The van der Waals surface area contributed by atoms with E-state index in [1.54, 1.807) is 0 Å². The van der Waals surface area contributed by atoms with Gasteiger partial charge in [0.2, 0.25) is 0 Å². The molecule has 0 saturated heterocycles. The Kier molecular flexibility index (Phi) is 3.58. The number of rotatable bonds is 3. The SMILES string of the molecule is NC1CCC(CNC(=O)c2ccncc2O)C1. The molecule has 0 aromatic carbocycles. The van der Waals surface area contributed by atoms with E-state index in [0.29, 0.717) is 12.5 Å². The molecule has 1 saturated carbocycles. The third-order valence-corrected chi connectivity index (χ3v) is 3.18. The Labute approximate surface area is 100 Å². The normalized spacial score (nSPS) is 23.6. The number of aromatic nitrogens is 1. The Bertz CT molecular complexity index is 408. The van der Waals surface area contributed by atoms with Crippen LogP contribution in [0.4, 0.5) is 0 Å². The third kappa shape index (κ3) is 2.94. The highest BCUT2D eigenvalue weighted by atomic mass is 16.3. The summed E-state index contributed by atoms with van der Waals surface area (Å²) in [5.41, 5.74) is 6.07. The monoisotopic (exact) mass is 235 g/mol. The van der Waals surface area contributed by atoms with Crippen LogP contribution in [0.25, 0.3) is 0 Å². The Morgan fingerprint density at radius 1 is 1.59 bits per heavy atom. The molecule has 0 radical (unpaired) electrons. The summed E-state index contributed by atoms with van der Waals surface area (Å²) in [5.74, 6) is 0.108. The lowest BCUT2D eigenvalue weighted by atomic mass is 10.1. The molecule has 1 aliphatic rings. The van der Waals surface area contributed by atoms with Gasteiger partial charge in [0, 0.05) is 18.8 Å². The van der Waals surface area contributed by atoms with Crippen LogP contribution in [-0.4, -0.2) is 28.6 Å². The molecule has 4 N–H and O–H groups in total. The number of amides is 1. The van der Waals surface area contributed by atoms with Gasteiger partial charge in [-0.05, 0) is 31.2 Å². The summed E-state index contributed by atoms with van der Waals surface area (Å²) in [5, 5.41) is 12.3. The molecule has 2 rings (SSSR count). The molecule has 1 aromatic rings. The summed E-state index contributed by atoms with van der Waals surface area (Å²) in [6, 6.07) is 1.77. The molecule has 0 aliphatic heterocycles. The molecule has 1 aromatic heterocycles. The minimum atomic E-state index is -0.259. The van der Waals surface area contributed by atoms with E-state index >= 15 is 0 Å². The number of carbonyl (C=O) groups is 1.